The Hall–Kier alpha value is -0.530. The van der Waals surface area contributed by atoms with Crippen molar-refractivity contribution in [1.82, 2.24) is 0 Å². The van der Waals surface area contributed by atoms with Gasteiger partial charge in [0.15, 0.2) is 0 Å². The van der Waals surface area contributed by atoms with E-state index in [9.17, 15) is 0 Å². The summed E-state index contributed by atoms with van der Waals surface area (Å²) in [6.45, 7) is 15.9. The van der Waals surface area contributed by atoms with E-state index in [-0.39, 0.29) is 5.41 Å². The molecule has 2 fully saturated rings. The molecule has 3 rings (SSSR count). The quantitative estimate of drug-likeness (QED) is 0.584. The third-order valence-corrected chi connectivity index (χ3v) is 7.54. The van der Waals surface area contributed by atoms with Crippen LogP contribution in [-0.4, -0.2) is 13.2 Å². The second-order valence-electron chi connectivity index (χ2n) is 10.4. The van der Waals surface area contributed by atoms with Crippen LogP contribution in [0.1, 0.15) is 71.9 Å². The number of benzene rings is 1. The number of hydrogen-bond donors (Lipinski definition) is 0. The average Bonchev–Trinajstić information content (AvgIpc) is 2.95. The summed E-state index contributed by atoms with van der Waals surface area (Å²) < 4.78 is 6.03. The standard InChI is InChI=1S/C23H35ClO/c1-16-19-14-25-15-23(19,12-11-22(16,5)6)18-8-7-17(20(24)13-18)9-10-21(2,3)4/h7-8,13,16,19H,9-12,14-15H2,1-6H3. The summed E-state index contributed by atoms with van der Waals surface area (Å²) in [4.78, 5) is 0. The largest absolute Gasteiger partial charge is 0.380 e. The van der Waals surface area contributed by atoms with Gasteiger partial charge in [-0.25, -0.2) is 0 Å². The first kappa shape index (κ1) is 19.2. The van der Waals surface area contributed by atoms with E-state index in [0.717, 1.165) is 31.1 Å². The normalized spacial score (nSPS) is 31.8. The highest BCUT2D eigenvalue weighted by Gasteiger charge is 2.54. The molecule has 2 heteroatoms. The molecule has 140 valence electrons. The Morgan fingerprint density at radius 2 is 1.92 bits per heavy atom. The van der Waals surface area contributed by atoms with Gasteiger partial charge < -0.3 is 4.74 Å². The van der Waals surface area contributed by atoms with Gasteiger partial charge in [0.2, 0.25) is 0 Å². The maximum atomic E-state index is 6.72. The Morgan fingerprint density at radius 3 is 2.56 bits per heavy atom. The van der Waals surface area contributed by atoms with E-state index in [1.807, 2.05) is 0 Å². The number of fused-ring (bicyclic) bond motifs is 1. The van der Waals surface area contributed by atoms with Crippen LogP contribution in [0.3, 0.4) is 0 Å². The highest BCUT2D eigenvalue weighted by molar-refractivity contribution is 6.31. The maximum absolute atomic E-state index is 6.72. The van der Waals surface area contributed by atoms with Crippen molar-refractivity contribution in [1.29, 1.82) is 0 Å². The van der Waals surface area contributed by atoms with Gasteiger partial charge >= 0.3 is 0 Å². The predicted molar refractivity (Wildman–Crippen MR) is 107 cm³/mol. The Kier molecular flexibility index (Phi) is 5.06. The molecule has 25 heavy (non-hydrogen) atoms. The molecular formula is C23H35ClO. The van der Waals surface area contributed by atoms with Crippen LogP contribution < -0.4 is 0 Å². The number of halogens is 1. The molecular weight excluding hydrogens is 328 g/mol. The lowest BCUT2D eigenvalue weighted by atomic mass is 9.53. The molecule has 0 N–H and O–H groups in total. The summed E-state index contributed by atoms with van der Waals surface area (Å²) in [6, 6.07) is 6.88. The van der Waals surface area contributed by atoms with Crippen molar-refractivity contribution in [3.63, 3.8) is 0 Å². The molecule has 1 aliphatic heterocycles. The van der Waals surface area contributed by atoms with Crippen LogP contribution in [0.2, 0.25) is 5.02 Å². The van der Waals surface area contributed by atoms with Gasteiger partial charge in [-0.2, -0.15) is 0 Å². The van der Waals surface area contributed by atoms with Crippen molar-refractivity contribution in [2.24, 2.45) is 22.7 Å². The summed E-state index contributed by atoms with van der Waals surface area (Å²) in [5, 5.41) is 0.944. The molecule has 0 amide bonds. The molecule has 1 aromatic carbocycles. The minimum atomic E-state index is 0.168. The van der Waals surface area contributed by atoms with Gasteiger partial charge in [-0.1, -0.05) is 65.3 Å². The molecule has 1 heterocycles. The fourth-order valence-electron chi connectivity index (χ4n) is 4.84. The minimum Gasteiger partial charge on any atom is -0.380 e. The summed E-state index contributed by atoms with van der Waals surface area (Å²) in [7, 11) is 0. The molecule has 1 nitrogen and oxygen atoms in total. The zero-order chi connectivity index (χ0) is 18.5. The van der Waals surface area contributed by atoms with E-state index in [0.29, 0.717) is 22.7 Å². The first-order valence-electron chi connectivity index (χ1n) is 9.92. The lowest BCUT2D eigenvalue weighted by molar-refractivity contribution is 0.0458. The topological polar surface area (TPSA) is 9.23 Å². The fourth-order valence-corrected chi connectivity index (χ4v) is 5.12. The van der Waals surface area contributed by atoms with E-state index in [4.69, 9.17) is 16.3 Å². The predicted octanol–water partition coefficient (Wildman–Crippen LogP) is 6.66. The van der Waals surface area contributed by atoms with Gasteiger partial charge in [-0.15, -0.1) is 0 Å². The fraction of sp³-hybridized carbons (Fsp3) is 0.739. The first-order chi connectivity index (χ1) is 11.6. The monoisotopic (exact) mass is 362 g/mol. The molecule has 3 atom stereocenters. The lowest BCUT2D eigenvalue weighted by Crippen LogP contribution is -2.47. The Balaban J connectivity index is 1.87. The van der Waals surface area contributed by atoms with Crippen LogP contribution in [0.25, 0.3) is 0 Å². The van der Waals surface area contributed by atoms with Gasteiger partial charge in [0.1, 0.15) is 0 Å². The smallest absolute Gasteiger partial charge is 0.0566 e. The molecule has 1 aliphatic carbocycles. The van der Waals surface area contributed by atoms with Crippen LogP contribution in [0.5, 0.6) is 0 Å². The van der Waals surface area contributed by atoms with Crippen LogP contribution >= 0.6 is 11.6 Å². The summed E-state index contributed by atoms with van der Waals surface area (Å²) >= 11 is 6.72. The van der Waals surface area contributed by atoms with Crippen molar-refractivity contribution in [3.8, 4) is 0 Å². The second-order valence-corrected chi connectivity index (χ2v) is 10.8. The van der Waals surface area contributed by atoms with Gasteiger partial charge in [-0.3, -0.25) is 0 Å². The van der Waals surface area contributed by atoms with Gasteiger partial charge in [0, 0.05) is 10.4 Å². The molecule has 1 saturated carbocycles. The Labute approximate surface area is 159 Å². The highest BCUT2D eigenvalue weighted by Crippen LogP contribution is 2.56. The third kappa shape index (κ3) is 3.65. The third-order valence-electron chi connectivity index (χ3n) is 7.19. The van der Waals surface area contributed by atoms with Crippen LogP contribution in [0, 0.1) is 22.7 Å². The van der Waals surface area contributed by atoms with E-state index >= 15 is 0 Å². The molecule has 0 spiro atoms. The van der Waals surface area contributed by atoms with Gasteiger partial charge in [0.25, 0.3) is 0 Å². The number of aryl methyl sites for hydroxylation is 1. The van der Waals surface area contributed by atoms with Crippen LogP contribution in [0.4, 0.5) is 0 Å². The lowest BCUT2D eigenvalue weighted by Gasteiger charge is -2.50. The Morgan fingerprint density at radius 1 is 1.20 bits per heavy atom. The SMILES string of the molecule is CC1C2COCC2(c2ccc(CCC(C)(C)C)c(Cl)c2)CCC1(C)C. The number of ether oxygens (including phenoxy) is 1. The molecule has 2 aliphatic rings. The summed E-state index contributed by atoms with van der Waals surface area (Å²) in [5.41, 5.74) is 3.60. The first-order valence-corrected chi connectivity index (χ1v) is 10.3. The zero-order valence-corrected chi connectivity index (χ0v) is 17.7. The molecule has 1 saturated heterocycles. The molecule has 3 unspecified atom stereocenters. The highest BCUT2D eigenvalue weighted by atomic mass is 35.5. The van der Waals surface area contributed by atoms with E-state index in [1.54, 1.807) is 0 Å². The molecule has 0 aromatic heterocycles. The van der Waals surface area contributed by atoms with Crippen LogP contribution in [0.15, 0.2) is 18.2 Å². The van der Waals surface area contributed by atoms with Crippen molar-refractivity contribution in [3.05, 3.63) is 34.3 Å². The summed E-state index contributed by atoms with van der Waals surface area (Å²) in [5.74, 6) is 1.27. The van der Waals surface area contributed by atoms with Gasteiger partial charge in [0.05, 0.1) is 13.2 Å². The van der Waals surface area contributed by atoms with Gasteiger partial charge in [-0.05, 0) is 65.5 Å². The van der Waals surface area contributed by atoms with E-state index in [2.05, 4.69) is 59.7 Å². The van der Waals surface area contributed by atoms with E-state index in [1.165, 1.54) is 24.0 Å². The molecule has 0 radical (unpaired) electrons. The second kappa shape index (κ2) is 6.57. The van der Waals surface area contributed by atoms with Crippen LogP contribution in [-0.2, 0) is 16.6 Å². The zero-order valence-electron chi connectivity index (χ0n) is 16.9. The molecule has 0 bridgehead atoms. The minimum absolute atomic E-state index is 0.168. The number of hydrogen-bond acceptors (Lipinski definition) is 1. The Bertz CT molecular complexity index is 627. The number of rotatable bonds is 3. The molecule has 1 aromatic rings. The van der Waals surface area contributed by atoms with Crippen molar-refractivity contribution in [2.45, 2.75) is 72.6 Å². The summed E-state index contributed by atoms with van der Waals surface area (Å²) in [6.07, 6.45) is 4.69. The van der Waals surface area contributed by atoms with E-state index < -0.39 is 0 Å². The van der Waals surface area contributed by atoms with Crippen molar-refractivity contribution < 1.29 is 4.74 Å². The maximum Gasteiger partial charge on any atom is 0.0566 e. The average molecular weight is 363 g/mol. The van der Waals surface area contributed by atoms with Crippen molar-refractivity contribution in [2.75, 3.05) is 13.2 Å². The van der Waals surface area contributed by atoms with Crippen molar-refractivity contribution >= 4 is 11.6 Å².